The van der Waals surface area contributed by atoms with Crippen LogP contribution < -0.4 is 5.32 Å². The molecule has 4 nitrogen and oxygen atoms in total. The molecule has 0 spiro atoms. The van der Waals surface area contributed by atoms with Gasteiger partial charge in [0.05, 0.1) is 6.54 Å². The Bertz CT molecular complexity index is 514. The second kappa shape index (κ2) is 5.83. The number of amides is 1. The Labute approximate surface area is 119 Å². The molecular formula is C16H23NO3. The number of aryl methyl sites for hydroxylation is 2. The molecule has 2 N–H and O–H groups in total. The zero-order valence-electron chi connectivity index (χ0n) is 12.4. The molecule has 20 heavy (non-hydrogen) atoms. The van der Waals surface area contributed by atoms with Gasteiger partial charge in [0, 0.05) is 12.0 Å². The van der Waals surface area contributed by atoms with Crippen molar-refractivity contribution < 1.29 is 14.3 Å². The first-order valence-corrected chi connectivity index (χ1v) is 7.12. The average Bonchev–Trinajstić information content (AvgIpc) is 2.97. The average molecular weight is 277 g/mol. The van der Waals surface area contributed by atoms with Crippen LogP contribution in [0.3, 0.4) is 0 Å². The molecule has 0 radical (unpaired) electrons. The maximum absolute atomic E-state index is 11.9. The summed E-state index contributed by atoms with van der Waals surface area (Å²) in [5.41, 5.74) is -0.376. The molecule has 0 aromatic carbocycles. The highest BCUT2D eigenvalue weighted by Crippen LogP contribution is 2.26. The SMILES string of the molecule is Cc1cc(C(C)(O)CNC(=O)CC2C=CCC2)c(C)o1. The summed E-state index contributed by atoms with van der Waals surface area (Å²) in [5, 5.41) is 13.3. The minimum atomic E-state index is -1.11. The highest BCUT2D eigenvalue weighted by molar-refractivity contribution is 5.76. The topological polar surface area (TPSA) is 62.5 Å². The Hall–Kier alpha value is -1.55. The van der Waals surface area contributed by atoms with Gasteiger partial charge in [0.1, 0.15) is 17.1 Å². The van der Waals surface area contributed by atoms with Gasteiger partial charge in [-0.1, -0.05) is 12.2 Å². The van der Waals surface area contributed by atoms with Crippen molar-refractivity contribution in [2.24, 2.45) is 5.92 Å². The predicted octanol–water partition coefficient (Wildman–Crippen LogP) is 2.58. The van der Waals surface area contributed by atoms with Gasteiger partial charge in [0.15, 0.2) is 0 Å². The molecule has 4 heteroatoms. The zero-order chi connectivity index (χ0) is 14.8. The van der Waals surface area contributed by atoms with Crippen LogP contribution in [0, 0.1) is 19.8 Å². The van der Waals surface area contributed by atoms with E-state index in [2.05, 4.69) is 17.5 Å². The minimum Gasteiger partial charge on any atom is -0.466 e. The molecule has 2 rings (SSSR count). The highest BCUT2D eigenvalue weighted by Gasteiger charge is 2.28. The van der Waals surface area contributed by atoms with E-state index in [1.807, 2.05) is 19.9 Å². The Morgan fingerprint density at radius 1 is 1.55 bits per heavy atom. The van der Waals surface area contributed by atoms with Crippen molar-refractivity contribution in [1.82, 2.24) is 5.32 Å². The number of rotatable bonds is 5. The van der Waals surface area contributed by atoms with Crippen LogP contribution in [-0.2, 0) is 10.4 Å². The lowest BCUT2D eigenvalue weighted by Gasteiger charge is -2.23. The van der Waals surface area contributed by atoms with E-state index in [4.69, 9.17) is 4.42 Å². The van der Waals surface area contributed by atoms with Crippen molar-refractivity contribution >= 4 is 5.91 Å². The number of aliphatic hydroxyl groups is 1. The summed E-state index contributed by atoms with van der Waals surface area (Å²) in [5.74, 6) is 1.79. The van der Waals surface area contributed by atoms with Gasteiger partial charge in [0.25, 0.3) is 0 Å². The molecule has 2 unspecified atom stereocenters. The molecule has 1 aromatic rings. The lowest BCUT2D eigenvalue weighted by molar-refractivity contribution is -0.122. The zero-order valence-corrected chi connectivity index (χ0v) is 12.4. The van der Waals surface area contributed by atoms with Crippen LogP contribution in [-0.4, -0.2) is 17.6 Å². The Morgan fingerprint density at radius 3 is 2.85 bits per heavy atom. The van der Waals surface area contributed by atoms with Gasteiger partial charge < -0.3 is 14.8 Å². The van der Waals surface area contributed by atoms with Gasteiger partial charge in [-0.05, 0) is 45.6 Å². The van der Waals surface area contributed by atoms with E-state index in [0.717, 1.165) is 24.2 Å². The number of furan rings is 1. The first-order chi connectivity index (χ1) is 9.38. The second-order valence-corrected chi connectivity index (χ2v) is 5.85. The molecule has 1 heterocycles. The molecule has 0 saturated carbocycles. The molecule has 110 valence electrons. The van der Waals surface area contributed by atoms with E-state index < -0.39 is 5.60 Å². The third-order valence-corrected chi connectivity index (χ3v) is 3.81. The standard InChI is InChI=1S/C16H23NO3/c1-11-8-14(12(2)20-11)16(3,19)10-17-15(18)9-13-6-4-5-7-13/h4,6,8,13,19H,5,7,9-10H2,1-3H3,(H,17,18). The second-order valence-electron chi connectivity index (χ2n) is 5.85. The van der Waals surface area contributed by atoms with E-state index in [9.17, 15) is 9.90 Å². The van der Waals surface area contributed by atoms with Crippen molar-refractivity contribution in [3.63, 3.8) is 0 Å². The summed E-state index contributed by atoms with van der Waals surface area (Å²) in [4.78, 5) is 11.9. The quantitative estimate of drug-likeness (QED) is 0.813. The Kier molecular flexibility index (Phi) is 4.33. The largest absolute Gasteiger partial charge is 0.466 e. The van der Waals surface area contributed by atoms with E-state index in [0.29, 0.717) is 18.1 Å². The van der Waals surface area contributed by atoms with Crippen LogP contribution >= 0.6 is 0 Å². The molecule has 0 fully saturated rings. The Morgan fingerprint density at radius 2 is 2.30 bits per heavy atom. The summed E-state index contributed by atoms with van der Waals surface area (Å²) in [7, 11) is 0. The van der Waals surface area contributed by atoms with Gasteiger partial charge in [-0.15, -0.1) is 0 Å². The van der Waals surface area contributed by atoms with E-state index >= 15 is 0 Å². The first-order valence-electron chi connectivity index (χ1n) is 7.12. The molecule has 0 bridgehead atoms. The van der Waals surface area contributed by atoms with Crippen molar-refractivity contribution in [3.05, 3.63) is 35.3 Å². The van der Waals surface area contributed by atoms with E-state index in [1.165, 1.54) is 0 Å². The Balaban J connectivity index is 1.90. The summed E-state index contributed by atoms with van der Waals surface area (Å²) in [6, 6.07) is 1.82. The minimum absolute atomic E-state index is 0.0142. The van der Waals surface area contributed by atoms with Crippen molar-refractivity contribution in [3.8, 4) is 0 Å². The fraction of sp³-hybridized carbons (Fsp3) is 0.562. The number of allylic oxidation sites excluding steroid dienone is 2. The smallest absolute Gasteiger partial charge is 0.220 e. The summed E-state index contributed by atoms with van der Waals surface area (Å²) in [6.45, 7) is 5.56. The normalized spacial score (nSPS) is 20.9. The molecule has 1 aliphatic carbocycles. The number of nitrogens with one attached hydrogen (secondary N) is 1. The lowest BCUT2D eigenvalue weighted by atomic mass is 9.96. The summed E-state index contributed by atoms with van der Waals surface area (Å²) < 4.78 is 5.43. The van der Waals surface area contributed by atoms with Gasteiger partial charge in [-0.3, -0.25) is 4.79 Å². The van der Waals surface area contributed by atoms with Crippen LogP contribution in [0.1, 0.15) is 43.3 Å². The number of hydrogen-bond acceptors (Lipinski definition) is 3. The maximum Gasteiger partial charge on any atom is 0.220 e. The van der Waals surface area contributed by atoms with Crippen molar-refractivity contribution in [2.45, 2.75) is 45.6 Å². The monoisotopic (exact) mass is 277 g/mol. The van der Waals surface area contributed by atoms with E-state index in [1.54, 1.807) is 6.92 Å². The molecule has 2 atom stereocenters. The third kappa shape index (κ3) is 3.51. The van der Waals surface area contributed by atoms with E-state index in [-0.39, 0.29) is 12.5 Å². The van der Waals surface area contributed by atoms with Gasteiger partial charge >= 0.3 is 0 Å². The predicted molar refractivity (Wildman–Crippen MR) is 77.2 cm³/mol. The molecular weight excluding hydrogens is 254 g/mol. The van der Waals surface area contributed by atoms with Crippen molar-refractivity contribution in [1.29, 1.82) is 0 Å². The van der Waals surface area contributed by atoms with Crippen LogP contribution in [0.2, 0.25) is 0 Å². The molecule has 1 aliphatic rings. The summed E-state index contributed by atoms with van der Waals surface area (Å²) in [6.07, 6.45) is 6.82. The number of carbonyl (C=O) groups is 1. The lowest BCUT2D eigenvalue weighted by Crippen LogP contribution is -2.39. The highest BCUT2D eigenvalue weighted by atomic mass is 16.3. The van der Waals surface area contributed by atoms with Crippen LogP contribution in [0.5, 0.6) is 0 Å². The van der Waals surface area contributed by atoms with Gasteiger partial charge in [-0.25, -0.2) is 0 Å². The van der Waals surface area contributed by atoms with Crippen LogP contribution in [0.15, 0.2) is 22.6 Å². The third-order valence-electron chi connectivity index (χ3n) is 3.81. The number of hydrogen-bond donors (Lipinski definition) is 2. The molecule has 0 aliphatic heterocycles. The summed E-state index contributed by atoms with van der Waals surface area (Å²) >= 11 is 0. The molecule has 0 saturated heterocycles. The first kappa shape index (κ1) is 14.9. The molecule has 1 amide bonds. The number of carbonyl (C=O) groups excluding carboxylic acids is 1. The van der Waals surface area contributed by atoms with Crippen LogP contribution in [0.25, 0.3) is 0 Å². The maximum atomic E-state index is 11.9. The molecule has 1 aromatic heterocycles. The fourth-order valence-electron chi connectivity index (χ4n) is 2.71. The van der Waals surface area contributed by atoms with Gasteiger partial charge in [0.2, 0.25) is 5.91 Å². The van der Waals surface area contributed by atoms with Crippen molar-refractivity contribution in [2.75, 3.05) is 6.54 Å². The van der Waals surface area contributed by atoms with Gasteiger partial charge in [-0.2, -0.15) is 0 Å². The van der Waals surface area contributed by atoms with Crippen LogP contribution in [0.4, 0.5) is 0 Å². The fourth-order valence-corrected chi connectivity index (χ4v) is 2.71.